The average Bonchev–Trinajstić information content (AvgIpc) is 2.71. The Kier molecular flexibility index (Phi) is 5.93. The molecule has 3 aromatic rings. The number of amides is 1. The van der Waals surface area contributed by atoms with Crippen molar-refractivity contribution in [3.05, 3.63) is 64.6 Å². The van der Waals surface area contributed by atoms with Crippen molar-refractivity contribution in [3.8, 4) is 11.5 Å². The van der Waals surface area contributed by atoms with Gasteiger partial charge in [-0.25, -0.2) is 4.68 Å². The van der Waals surface area contributed by atoms with Gasteiger partial charge in [0.15, 0.2) is 5.69 Å². The molecule has 0 unspecified atom stereocenters. The summed E-state index contributed by atoms with van der Waals surface area (Å²) in [7, 11) is 1.60. The highest BCUT2D eigenvalue weighted by molar-refractivity contribution is 6.04. The Morgan fingerprint density at radius 2 is 1.71 bits per heavy atom. The number of fused-ring (bicyclic) bond motifs is 1. The van der Waals surface area contributed by atoms with Crippen LogP contribution in [0.4, 0.5) is 0 Å². The Balaban J connectivity index is 1.71. The van der Waals surface area contributed by atoms with Gasteiger partial charge in [-0.1, -0.05) is 18.2 Å². The highest BCUT2D eigenvalue weighted by Gasteiger charge is 2.17. The number of methoxy groups -OCH3 is 1. The topological polar surface area (TPSA) is 82.4 Å². The van der Waals surface area contributed by atoms with Crippen LogP contribution in [0, 0.1) is 0 Å². The van der Waals surface area contributed by atoms with Gasteiger partial charge in [0.05, 0.1) is 25.1 Å². The van der Waals surface area contributed by atoms with E-state index < -0.39 is 0 Å². The molecule has 1 heterocycles. The number of hydrogen-bond donors (Lipinski definition) is 1. The van der Waals surface area contributed by atoms with Gasteiger partial charge in [-0.05, 0) is 44.2 Å². The van der Waals surface area contributed by atoms with Crippen molar-refractivity contribution in [3.63, 3.8) is 0 Å². The minimum absolute atomic E-state index is 0.151. The van der Waals surface area contributed by atoms with Crippen LogP contribution >= 0.6 is 0 Å². The van der Waals surface area contributed by atoms with Crippen molar-refractivity contribution in [2.75, 3.05) is 20.3 Å². The third-order valence-electron chi connectivity index (χ3n) is 4.25. The summed E-state index contributed by atoms with van der Waals surface area (Å²) >= 11 is 0. The Morgan fingerprint density at radius 1 is 1.07 bits per heavy atom. The van der Waals surface area contributed by atoms with Gasteiger partial charge in [0.1, 0.15) is 18.1 Å². The molecule has 0 saturated carbocycles. The molecule has 0 aliphatic carbocycles. The van der Waals surface area contributed by atoms with E-state index in [1.165, 1.54) is 4.68 Å². The zero-order valence-electron chi connectivity index (χ0n) is 16.1. The van der Waals surface area contributed by atoms with E-state index in [1.807, 2.05) is 13.8 Å². The fraction of sp³-hybridized carbons (Fsp3) is 0.286. The molecule has 0 bridgehead atoms. The molecule has 2 aromatic carbocycles. The summed E-state index contributed by atoms with van der Waals surface area (Å²) in [5, 5.41) is 8.11. The monoisotopic (exact) mass is 381 g/mol. The third-order valence-corrected chi connectivity index (χ3v) is 4.25. The SMILES string of the molecule is COc1ccc(OCCNC(=O)c2nn(C(C)C)c(=O)c3ccccc23)cc1. The van der Waals surface area contributed by atoms with Crippen molar-refractivity contribution in [2.24, 2.45) is 0 Å². The molecule has 1 amide bonds. The van der Waals surface area contributed by atoms with E-state index in [2.05, 4.69) is 10.4 Å². The van der Waals surface area contributed by atoms with E-state index >= 15 is 0 Å². The van der Waals surface area contributed by atoms with E-state index in [-0.39, 0.29) is 23.2 Å². The maximum Gasteiger partial charge on any atom is 0.274 e. The number of nitrogens with one attached hydrogen (secondary N) is 1. The first-order valence-electron chi connectivity index (χ1n) is 9.08. The molecular formula is C21H23N3O4. The van der Waals surface area contributed by atoms with E-state index in [4.69, 9.17) is 9.47 Å². The molecule has 1 N–H and O–H groups in total. The van der Waals surface area contributed by atoms with Crippen LogP contribution < -0.4 is 20.3 Å². The fourth-order valence-electron chi connectivity index (χ4n) is 2.81. The molecule has 3 rings (SSSR count). The first-order valence-corrected chi connectivity index (χ1v) is 9.08. The number of hydrogen-bond acceptors (Lipinski definition) is 5. The average molecular weight is 381 g/mol. The van der Waals surface area contributed by atoms with Crippen molar-refractivity contribution >= 4 is 16.7 Å². The highest BCUT2D eigenvalue weighted by Crippen LogP contribution is 2.17. The maximum absolute atomic E-state index is 12.7. The Labute approximate surface area is 162 Å². The summed E-state index contributed by atoms with van der Waals surface area (Å²) < 4.78 is 12.1. The van der Waals surface area contributed by atoms with Gasteiger partial charge in [-0.2, -0.15) is 5.10 Å². The van der Waals surface area contributed by atoms with E-state index in [1.54, 1.807) is 55.6 Å². The lowest BCUT2D eigenvalue weighted by atomic mass is 10.1. The van der Waals surface area contributed by atoms with Gasteiger partial charge in [0, 0.05) is 5.39 Å². The van der Waals surface area contributed by atoms with Gasteiger partial charge < -0.3 is 14.8 Å². The highest BCUT2D eigenvalue weighted by atomic mass is 16.5. The summed E-state index contributed by atoms with van der Waals surface area (Å²) in [5.74, 6) is 1.09. The van der Waals surface area contributed by atoms with Crippen LogP contribution in [0.1, 0.15) is 30.4 Å². The van der Waals surface area contributed by atoms with Gasteiger partial charge in [0.25, 0.3) is 11.5 Å². The lowest BCUT2D eigenvalue weighted by Crippen LogP contribution is -2.33. The predicted molar refractivity (Wildman–Crippen MR) is 107 cm³/mol. The summed E-state index contributed by atoms with van der Waals surface area (Å²) in [6.45, 7) is 4.32. The molecule has 7 heteroatoms. The van der Waals surface area contributed by atoms with E-state index in [0.717, 1.165) is 5.75 Å². The number of nitrogens with zero attached hydrogens (tertiary/aromatic N) is 2. The molecule has 0 aliphatic heterocycles. The van der Waals surface area contributed by atoms with Crippen molar-refractivity contribution in [2.45, 2.75) is 19.9 Å². The van der Waals surface area contributed by atoms with Crippen molar-refractivity contribution in [1.82, 2.24) is 15.1 Å². The largest absolute Gasteiger partial charge is 0.497 e. The third kappa shape index (κ3) is 4.14. The first-order chi connectivity index (χ1) is 13.5. The van der Waals surface area contributed by atoms with Crippen LogP contribution in [0.15, 0.2) is 53.3 Å². The normalized spacial score (nSPS) is 10.9. The zero-order valence-corrected chi connectivity index (χ0v) is 16.1. The Morgan fingerprint density at radius 3 is 2.36 bits per heavy atom. The predicted octanol–water partition coefficient (Wildman–Crippen LogP) is 2.79. The van der Waals surface area contributed by atoms with Crippen molar-refractivity contribution in [1.29, 1.82) is 0 Å². The maximum atomic E-state index is 12.7. The second kappa shape index (κ2) is 8.56. The van der Waals surface area contributed by atoms with Crippen LogP contribution in [0.2, 0.25) is 0 Å². The molecule has 0 saturated heterocycles. The molecule has 7 nitrogen and oxygen atoms in total. The van der Waals surface area contributed by atoms with Crippen LogP contribution in [-0.2, 0) is 0 Å². The quantitative estimate of drug-likeness (QED) is 0.637. The molecule has 0 radical (unpaired) electrons. The van der Waals surface area contributed by atoms with Gasteiger partial charge in [-0.15, -0.1) is 0 Å². The standard InChI is InChI=1S/C21H23N3O4/c1-14(2)24-21(26)18-7-5-4-6-17(18)19(23-24)20(25)22-12-13-28-16-10-8-15(27-3)9-11-16/h4-11,14H,12-13H2,1-3H3,(H,22,25). The number of benzene rings is 2. The number of rotatable bonds is 7. The minimum Gasteiger partial charge on any atom is -0.497 e. The molecule has 0 fully saturated rings. The molecule has 0 atom stereocenters. The lowest BCUT2D eigenvalue weighted by molar-refractivity contribution is 0.0941. The van der Waals surface area contributed by atoms with Crippen LogP contribution in [0.5, 0.6) is 11.5 Å². The number of ether oxygens (including phenoxy) is 2. The second-order valence-electron chi connectivity index (χ2n) is 6.52. The summed E-state index contributed by atoms with van der Waals surface area (Å²) in [6, 6.07) is 14.1. The molecule has 28 heavy (non-hydrogen) atoms. The second-order valence-corrected chi connectivity index (χ2v) is 6.52. The Hall–Kier alpha value is -3.35. The summed E-state index contributed by atoms with van der Waals surface area (Å²) in [6.07, 6.45) is 0. The van der Waals surface area contributed by atoms with Gasteiger partial charge in [-0.3, -0.25) is 9.59 Å². The Bertz CT molecular complexity index is 1030. The fourth-order valence-corrected chi connectivity index (χ4v) is 2.81. The molecular weight excluding hydrogens is 358 g/mol. The molecule has 146 valence electrons. The lowest BCUT2D eigenvalue weighted by Gasteiger charge is -2.13. The summed E-state index contributed by atoms with van der Waals surface area (Å²) in [5.41, 5.74) is 0.0262. The number of aromatic nitrogens is 2. The van der Waals surface area contributed by atoms with Crippen LogP contribution in [-0.4, -0.2) is 35.9 Å². The number of carbonyl (C=O) groups is 1. The van der Waals surface area contributed by atoms with E-state index in [9.17, 15) is 9.59 Å². The zero-order chi connectivity index (χ0) is 20.1. The molecule has 0 spiro atoms. The van der Waals surface area contributed by atoms with Crippen molar-refractivity contribution < 1.29 is 14.3 Å². The van der Waals surface area contributed by atoms with Gasteiger partial charge in [0.2, 0.25) is 0 Å². The first kappa shape index (κ1) is 19.4. The van der Waals surface area contributed by atoms with Crippen LogP contribution in [0.3, 0.4) is 0 Å². The molecule has 1 aromatic heterocycles. The summed E-state index contributed by atoms with van der Waals surface area (Å²) in [4.78, 5) is 25.2. The number of carbonyl (C=O) groups excluding carboxylic acids is 1. The van der Waals surface area contributed by atoms with Gasteiger partial charge >= 0.3 is 0 Å². The van der Waals surface area contributed by atoms with E-state index in [0.29, 0.717) is 29.7 Å². The molecule has 0 aliphatic rings. The minimum atomic E-state index is -0.344. The smallest absolute Gasteiger partial charge is 0.274 e. The van der Waals surface area contributed by atoms with Crippen LogP contribution in [0.25, 0.3) is 10.8 Å².